The van der Waals surface area contributed by atoms with Crippen LogP contribution in [0.15, 0.2) is 0 Å². The standard InChI is InChI=1S/C9H17NOS/c10-5-3-9(11)4-6-12-7-8(9)1-2-8/h11H,1-7,10H2. The molecule has 0 bridgehead atoms. The predicted molar refractivity (Wildman–Crippen MR) is 52.2 cm³/mol. The van der Waals surface area contributed by atoms with Crippen molar-refractivity contribution in [1.82, 2.24) is 0 Å². The summed E-state index contributed by atoms with van der Waals surface area (Å²) in [6.45, 7) is 0.628. The molecule has 1 saturated carbocycles. The minimum absolute atomic E-state index is 0.273. The molecule has 3 heteroatoms. The van der Waals surface area contributed by atoms with E-state index in [0.29, 0.717) is 6.54 Å². The monoisotopic (exact) mass is 187 g/mol. The van der Waals surface area contributed by atoms with E-state index in [-0.39, 0.29) is 5.41 Å². The van der Waals surface area contributed by atoms with Crippen LogP contribution in [0.2, 0.25) is 0 Å². The van der Waals surface area contributed by atoms with Gasteiger partial charge in [-0.25, -0.2) is 0 Å². The number of aliphatic hydroxyl groups is 1. The Morgan fingerprint density at radius 3 is 2.67 bits per heavy atom. The average molecular weight is 187 g/mol. The molecule has 0 aromatic carbocycles. The molecule has 1 atom stereocenters. The van der Waals surface area contributed by atoms with E-state index < -0.39 is 5.60 Å². The number of hydrogen-bond donors (Lipinski definition) is 2. The maximum Gasteiger partial charge on any atom is 0.0731 e. The number of hydrogen-bond acceptors (Lipinski definition) is 3. The van der Waals surface area contributed by atoms with Crippen molar-refractivity contribution in [3.05, 3.63) is 0 Å². The summed E-state index contributed by atoms with van der Waals surface area (Å²) in [4.78, 5) is 0. The van der Waals surface area contributed by atoms with Gasteiger partial charge in [0, 0.05) is 11.2 Å². The molecule has 2 aliphatic rings. The zero-order chi connectivity index (χ0) is 8.66. The van der Waals surface area contributed by atoms with E-state index in [9.17, 15) is 5.11 Å². The van der Waals surface area contributed by atoms with Gasteiger partial charge in [-0.05, 0) is 38.0 Å². The minimum atomic E-state index is -0.410. The first-order chi connectivity index (χ1) is 5.72. The fraction of sp³-hybridized carbons (Fsp3) is 1.00. The number of rotatable bonds is 2. The molecule has 3 N–H and O–H groups in total. The topological polar surface area (TPSA) is 46.2 Å². The average Bonchev–Trinajstić information content (AvgIpc) is 2.79. The van der Waals surface area contributed by atoms with Gasteiger partial charge in [-0.15, -0.1) is 0 Å². The van der Waals surface area contributed by atoms with Crippen LogP contribution in [0.5, 0.6) is 0 Å². The van der Waals surface area contributed by atoms with Crippen molar-refractivity contribution < 1.29 is 5.11 Å². The van der Waals surface area contributed by atoms with Crippen molar-refractivity contribution in [3.63, 3.8) is 0 Å². The van der Waals surface area contributed by atoms with Crippen LogP contribution in [-0.2, 0) is 0 Å². The number of thioether (sulfide) groups is 1. The fourth-order valence-electron chi connectivity index (χ4n) is 2.30. The van der Waals surface area contributed by atoms with Gasteiger partial charge in [0.25, 0.3) is 0 Å². The highest BCUT2D eigenvalue weighted by Crippen LogP contribution is 2.60. The van der Waals surface area contributed by atoms with Crippen molar-refractivity contribution >= 4 is 11.8 Å². The van der Waals surface area contributed by atoms with E-state index in [1.807, 2.05) is 11.8 Å². The SMILES string of the molecule is NCCC1(O)CCSCC12CC2. The zero-order valence-electron chi connectivity index (χ0n) is 7.38. The third-order valence-electron chi connectivity index (χ3n) is 3.44. The molecule has 0 aromatic heterocycles. The molecule has 1 heterocycles. The highest BCUT2D eigenvalue weighted by molar-refractivity contribution is 7.99. The maximum atomic E-state index is 10.4. The lowest BCUT2D eigenvalue weighted by atomic mass is 9.80. The second-order valence-corrected chi connectivity index (χ2v) is 5.26. The summed E-state index contributed by atoms with van der Waals surface area (Å²) in [5, 5.41) is 10.4. The van der Waals surface area contributed by atoms with E-state index in [4.69, 9.17) is 5.73 Å². The Balaban J connectivity index is 2.09. The molecule has 1 spiro atoms. The first-order valence-electron chi connectivity index (χ1n) is 4.73. The van der Waals surface area contributed by atoms with Gasteiger partial charge in [0.2, 0.25) is 0 Å². The zero-order valence-corrected chi connectivity index (χ0v) is 8.20. The van der Waals surface area contributed by atoms with Gasteiger partial charge in [-0.1, -0.05) is 0 Å². The van der Waals surface area contributed by atoms with Gasteiger partial charge in [-0.2, -0.15) is 11.8 Å². The fourth-order valence-corrected chi connectivity index (χ4v) is 3.87. The van der Waals surface area contributed by atoms with Crippen molar-refractivity contribution in [1.29, 1.82) is 0 Å². The second kappa shape index (κ2) is 2.89. The molecule has 70 valence electrons. The van der Waals surface area contributed by atoms with Crippen molar-refractivity contribution in [3.8, 4) is 0 Å². The van der Waals surface area contributed by atoms with Crippen LogP contribution in [0.4, 0.5) is 0 Å². The Morgan fingerprint density at radius 2 is 2.08 bits per heavy atom. The molecule has 1 unspecified atom stereocenters. The highest BCUT2D eigenvalue weighted by Gasteiger charge is 2.58. The maximum absolute atomic E-state index is 10.4. The first kappa shape index (κ1) is 8.85. The summed E-state index contributed by atoms with van der Waals surface area (Å²) < 4.78 is 0. The predicted octanol–water partition coefficient (Wildman–Crippen LogP) is 0.983. The van der Waals surface area contributed by atoms with Crippen LogP contribution in [-0.4, -0.2) is 28.8 Å². The van der Waals surface area contributed by atoms with Gasteiger partial charge in [-0.3, -0.25) is 0 Å². The molecule has 12 heavy (non-hydrogen) atoms. The van der Waals surface area contributed by atoms with Gasteiger partial charge in [0.1, 0.15) is 0 Å². The van der Waals surface area contributed by atoms with Crippen LogP contribution >= 0.6 is 11.8 Å². The summed E-state index contributed by atoms with van der Waals surface area (Å²) >= 11 is 1.99. The van der Waals surface area contributed by atoms with E-state index in [1.54, 1.807) is 0 Å². The summed E-state index contributed by atoms with van der Waals surface area (Å²) in [6, 6.07) is 0. The van der Waals surface area contributed by atoms with E-state index in [1.165, 1.54) is 12.8 Å². The summed E-state index contributed by atoms with van der Waals surface area (Å²) in [6.07, 6.45) is 4.19. The lowest BCUT2D eigenvalue weighted by Gasteiger charge is -2.40. The van der Waals surface area contributed by atoms with Crippen LogP contribution in [0, 0.1) is 5.41 Å². The Kier molecular flexibility index (Phi) is 2.13. The summed E-state index contributed by atoms with van der Waals surface area (Å²) in [5.74, 6) is 2.27. The molecule has 0 amide bonds. The Bertz CT molecular complexity index is 177. The molecule has 2 rings (SSSR count). The highest BCUT2D eigenvalue weighted by atomic mass is 32.2. The third kappa shape index (κ3) is 1.19. The number of nitrogens with two attached hydrogens (primary N) is 1. The Hall–Kier alpha value is 0.270. The smallest absolute Gasteiger partial charge is 0.0731 e. The molecular formula is C9H17NOS. The van der Waals surface area contributed by atoms with Gasteiger partial charge < -0.3 is 10.8 Å². The minimum Gasteiger partial charge on any atom is -0.389 e. The van der Waals surface area contributed by atoms with E-state index >= 15 is 0 Å². The molecule has 1 saturated heterocycles. The molecular weight excluding hydrogens is 170 g/mol. The molecule has 2 fully saturated rings. The second-order valence-electron chi connectivity index (χ2n) is 4.15. The van der Waals surface area contributed by atoms with Crippen molar-refractivity contribution in [2.45, 2.75) is 31.3 Å². The molecule has 1 aliphatic heterocycles. The van der Waals surface area contributed by atoms with Crippen LogP contribution in [0.25, 0.3) is 0 Å². The molecule has 2 nitrogen and oxygen atoms in total. The van der Waals surface area contributed by atoms with Crippen LogP contribution in [0.1, 0.15) is 25.7 Å². The summed E-state index contributed by atoms with van der Waals surface area (Å²) in [5.41, 5.74) is 5.39. The first-order valence-corrected chi connectivity index (χ1v) is 5.88. The molecule has 0 aromatic rings. The van der Waals surface area contributed by atoms with Crippen molar-refractivity contribution in [2.75, 3.05) is 18.1 Å². The normalized spacial score (nSPS) is 38.5. The van der Waals surface area contributed by atoms with Gasteiger partial charge in [0.05, 0.1) is 5.60 Å². The van der Waals surface area contributed by atoms with Crippen molar-refractivity contribution in [2.24, 2.45) is 11.1 Å². The lowest BCUT2D eigenvalue weighted by molar-refractivity contribution is -0.0342. The summed E-state index contributed by atoms with van der Waals surface area (Å²) in [7, 11) is 0. The van der Waals surface area contributed by atoms with Crippen LogP contribution < -0.4 is 5.73 Å². The largest absolute Gasteiger partial charge is 0.389 e. The van der Waals surface area contributed by atoms with Crippen LogP contribution in [0.3, 0.4) is 0 Å². The van der Waals surface area contributed by atoms with Gasteiger partial charge in [0.15, 0.2) is 0 Å². The third-order valence-corrected chi connectivity index (χ3v) is 4.69. The molecule has 1 aliphatic carbocycles. The molecule has 0 radical (unpaired) electrons. The Labute approximate surface area is 77.9 Å². The van der Waals surface area contributed by atoms with Gasteiger partial charge >= 0.3 is 0 Å². The lowest BCUT2D eigenvalue weighted by Crippen LogP contribution is -2.46. The Morgan fingerprint density at radius 1 is 1.33 bits per heavy atom. The van der Waals surface area contributed by atoms with E-state index in [0.717, 1.165) is 24.3 Å². The van der Waals surface area contributed by atoms with E-state index in [2.05, 4.69) is 0 Å². The quantitative estimate of drug-likeness (QED) is 0.677.